The molecule has 0 amide bonds. The van der Waals surface area contributed by atoms with Gasteiger partial charge in [-0.2, -0.15) is 0 Å². The normalized spacial score (nSPS) is 23.9. The predicted octanol–water partition coefficient (Wildman–Crippen LogP) is 1.21. The zero-order valence-corrected chi connectivity index (χ0v) is 13.9. The van der Waals surface area contributed by atoms with E-state index in [9.17, 15) is 0 Å². The van der Waals surface area contributed by atoms with Crippen LogP contribution in [0.2, 0.25) is 0 Å². The third-order valence-electron chi connectivity index (χ3n) is 5.14. The Morgan fingerprint density at radius 1 is 1.16 bits per heavy atom. The zero-order chi connectivity index (χ0) is 16.6. The summed E-state index contributed by atoms with van der Waals surface area (Å²) in [7, 11) is 0. The Kier molecular flexibility index (Phi) is 3.61. The molecule has 0 N–H and O–H groups in total. The van der Waals surface area contributed by atoms with E-state index in [0.717, 1.165) is 44.3 Å². The van der Waals surface area contributed by atoms with Crippen LogP contribution in [0.3, 0.4) is 0 Å². The van der Waals surface area contributed by atoms with Gasteiger partial charge in [0.1, 0.15) is 6.33 Å². The second-order valence-electron chi connectivity index (χ2n) is 6.65. The average molecular weight is 336 g/mol. The third-order valence-corrected chi connectivity index (χ3v) is 5.14. The molecule has 7 nitrogen and oxygen atoms in total. The van der Waals surface area contributed by atoms with Crippen LogP contribution in [0.5, 0.6) is 0 Å². The zero-order valence-electron chi connectivity index (χ0n) is 13.9. The summed E-state index contributed by atoms with van der Waals surface area (Å²) in [5, 5.41) is 8.22. The van der Waals surface area contributed by atoms with Gasteiger partial charge in [0, 0.05) is 38.6 Å². The fourth-order valence-corrected chi connectivity index (χ4v) is 3.91. The fraction of sp³-hybridized carbons (Fsp3) is 0.389. The average Bonchev–Trinajstić information content (AvgIpc) is 3.29. The molecule has 2 saturated heterocycles. The van der Waals surface area contributed by atoms with E-state index in [4.69, 9.17) is 4.74 Å². The Labute approximate surface area is 145 Å². The molecule has 0 bridgehead atoms. The third kappa shape index (κ3) is 2.65. The van der Waals surface area contributed by atoms with Crippen molar-refractivity contribution in [2.45, 2.75) is 18.7 Å². The summed E-state index contributed by atoms with van der Waals surface area (Å²) in [6, 6.07) is 11.0. The van der Waals surface area contributed by atoms with Gasteiger partial charge in [0.05, 0.1) is 18.8 Å². The number of morpholine rings is 1. The van der Waals surface area contributed by atoms with Gasteiger partial charge in [-0.25, -0.2) is 4.98 Å². The van der Waals surface area contributed by atoms with E-state index in [1.807, 2.05) is 10.6 Å². The summed E-state index contributed by atoms with van der Waals surface area (Å²) in [4.78, 5) is 9.37. The molecule has 2 aliphatic heterocycles. The van der Waals surface area contributed by atoms with Gasteiger partial charge in [-0.05, 0) is 5.56 Å². The van der Waals surface area contributed by atoms with Crippen LogP contribution in [0, 0.1) is 0 Å². The van der Waals surface area contributed by atoms with E-state index in [2.05, 4.69) is 55.3 Å². The monoisotopic (exact) mass is 336 g/mol. The van der Waals surface area contributed by atoms with Crippen LogP contribution in [0.15, 0.2) is 49.1 Å². The summed E-state index contributed by atoms with van der Waals surface area (Å²) in [6.45, 7) is 4.45. The Morgan fingerprint density at radius 3 is 3.00 bits per heavy atom. The maximum Gasteiger partial charge on any atom is 0.203 e. The first-order chi connectivity index (χ1) is 12.4. The van der Waals surface area contributed by atoms with E-state index in [-0.39, 0.29) is 6.10 Å². The highest BCUT2D eigenvalue weighted by Gasteiger charge is 2.41. The first-order valence-corrected chi connectivity index (χ1v) is 8.67. The van der Waals surface area contributed by atoms with Gasteiger partial charge in [0.15, 0.2) is 5.82 Å². The number of aromatic nitrogens is 4. The van der Waals surface area contributed by atoms with Crippen LogP contribution in [0.1, 0.15) is 5.56 Å². The quantitative estimate of drug-likeness (QED) is 0.717. The number of anilines is 1. The minimum atomic E-state index is 0.211. The lowest BCUT2D eigenvalue weighted by Crippen LogP contribution is -2.50. The van der Waals surface area contributed by atoms with Gasteiger partial charge in [-0.3, -0.25) is 9.30 Å². The lowest BCUT2D eigenvalue weighted by atomic mass is 10.1. The van der Waals surface area contributed by atoms with Crippen LogP contribution in [0.25, 0.3) is 5.65 Å². The fourth-order valence-electron chi connectivity index (χ4n) is 3.91. The molecule has 7 heteroatoms. The second kappa shape index (κ2) is 6.09. The van der Waals surface area contributed by atoms with Crippen molar-refractivity contribution >= 4 is 11.5 Å². The Hall–Kier alpha value is -2.51. The minimum Gasteiger partial charge on any atom is -0.373 e. The summed E-state index contributed by atoms with van der Waals surface area (Å²) in [5.41, 5.74) is 2.15. The van der Waals surface area contributed by atoms with Crippen LogP contribution in [-0.4, -0.2) is 62.9 Å². The molecular formula is C18H20N6O. The van der Waals surface area contributed by atoms with Crippen LogP contribution in [0.4, 0.5) is 5.82 Å². The first kappa shape index (κ1) is 14.8. The Morgan fingerprint density at radius 2 is 2.08 bits per heavy atom. The van der Waals surface area contributed by atoms with Crippen molar-refractivity contribution in [3.8, 4) is 0 Å². The lowest BCUT2D eigenvalue weighted by molar-refractivity contribution is -0.0499. The smallest absolute Gasteiger partial charge is 0.203 e. The molecule has 4 heterocycles. The van der Waals surface area contributed by atoms with Crippen molar-refractivity contribution in [2.24, 2.45) is 0 Å². The molecule has 2 aliphatic rings. The number of benzene rings is 1. The van der Waals surface area contributed by atoms with Crippen LogP contribution in [-0.2, 0) is 11.3 Å². The molecule has 2 atom stereocenters. The van der Waals surface area contributed by atoms with Gasteiger partial charge in [-0.1, -0.05) is 30.3 Å². The summed E-state index contributed by atoms with van der Waals surface area (Å²) in [6.07, 6.45) is 5.60. The number of rotatable bonds is 3. The summed E-state index contributed by atoms with van der Waals surface area (Å²) in [5.74, 6) is 0.887. The summed E-state index contributed by atoms with van der Waals surface area (Å²) < 4.78 is 7.97. The van der Waals surface area contributed by atoms with E-state index >= 15 is 0 Å². The molecule has 0 saturated carbocycles. The number of ether oxygens (including phenoxy) is 1. The largest absolute Gasteiger partial charge is 0.373 e. The molecule has 3 aromatic rings. The van der Waals surface area contributed by atoms with Crippen molar-refractivity contribution in [3.63, 3.8) is 0 Å². The topological polar surface area (TPSA) is 58.8 Å². The van der Waals surface area contributed by atoms with E-state index in [0.29, 0.717) is 6.04 Å². The van der Waals surface area contributed by atoms with Crippen LogP contribution < -0.4 is 4.90 Å². The molecule has 0 spiro atoms. The van der Waals surface area contributed by atoms with E-state index in [1.54, 1.807) is 12.5 Å². The van der Waals surface area contributed by atoms with Crippen molar-refractivity contribution in [3.05, 3.63) is 54.6 Å². The SMILES string of the molecule is c1ccc(CN2CCO[C@@H]3CN(c4nccn5cnnc45)C[C@@H]32)cc1. The highest BCUT2D eigenvalue weighted by atomic mass is 16.5. The van der Waals surface area contributed by atoms with Crippen molar-refractivity contribution in [1.82, 2.24) is 24.5 Å². The number of nitrogens with zero attached hydrogens (tertiary/aromatic N) is 6. The van der Waals surface area contributed by atoms with Gasteiger partial charge >= 0.3 is 0 Å². The van der Waals surface area contributed by atoms with Crippen molar-refractivity contribution < 1.29 is 4.74 Å². The van der Waals surface area contributed by atoms with Gasteiger partial charge in [0.25, 0.3) is 0 Å². The lowest BCUT2D eigenvalue weighted by Gasteiger charge is -2.36. The maximum absolute atomic E-state index is 6.06. The Bertz CT molecular complexity index is 866. The van der Waals surface area contributed by atoms with E-state index in [1.165, 1.54) is 5.56 Å². The minimum absolute atomic E-state index is 0.211. The number of hydrogen-bond acceptors (Lipinski definition) is 6. The number of hydrogen-bond donors (Lipinski definition) is 0. The molecule has 128 valence electrons. The van der Waals surface area contributed by atoms with Gasteiger partial charge in [-0.15, -0.1) is 10.2 Å². The molecular weight excluding hydrogens is 316 g/mol. The summed E-state index contributed by atoms with van der Waals surface area (Å²) >= 11 is 0. The molecule has 0 unspecified atom stereocenters. The van der Waals surface area contributed by atoms with Gasteiger partial charge < -0.3 is 9.64 Å². The molecule has 2 aromatic heterocycles. The Balaban J connectivity index is 1.39. The highest BCUT2D eigenvalue weighted by Crippen LogP contribution is 2.28. The van der Waals surface area contributed by atoms with Crippen LogP contribution >= 0.6 is 0 Å². The molecule has 1 aromatic carbocycles. The van der Waals surface area contributed by atoms with Gasteiger partial charge in [0.2, 0.25) is 5.65 Å². The van der Waals surface area contributed by atoms with Crippen molar-refractivity contribution in [2.75, 3.05) is 31.1 Å². The molecule has 5 rings (SSSR count). The maximum atomic E-state index is 6.06. The molecule has 0 aliphatic carbocycles. The molecule has 25 heavy (non-hydrogen) atoms. The van der Waals surface area contributed by atoms with E-state index < -0.39 is 0 Å². The predicted molar refractivity (Wildman–Crippen MR) is 93.4 cm³/mol. The highest BCUT2D eigenvalue weighted by molar-refractivity contribution is 5.64. The van der Waals surface area contributed by atoms with Crippen molar-refractivity contribution in [1.29, 1.82) is 0 Å². The standard InChI is InChI=1S/C18H20N6O/c1-2-4-14(5-3-1)10-22-8-9-25-16-12-24(11-15(16)22)17-18-21-20-13-23(18)7-6-19-17/h1-7,13,15-16H,8-12H2/t15-,16+/m0/s1. The molecule has 2 fully saturated rings. The number of fused-ring (bicyclic) bond motifs is 2. The molecule has 0 radical (unpaired) electrons. The second-order valence-corrected chi connectivity index (χ2v) is 6.65. The first-order valence-electron chi connectivity index (χ1n) is 8.67.